The van der Waals surface area contributed by atoms with Crippen LogP contribution < -0.4 is 33.2 Å². The number of carbonyl (C=O) groups excluding carboxylic acids is 5. The van der Waals surface area contributed by atoms with Crippen LogP contribution in [0.3, 0.4) is 0 Å². The molecule has 5 unspecified atom stereocenters. The van der Waals surface area contributed by atoms with Crippen LogP contribution in [0, 0.1) is 0 Å². The second kappa shape index (κ2) is 15.1. The highest BCUT2D eigenvalue weighted by molar-refractivity contribution is 5.94. The minimum atomic E-state index is -1.68. The molecule has 38 heavy (non-hydrogen) atoms. The molecule has 0 heterocycles. The Morgan fingerprint density at radius 2 is 1.32 bits per heavy atom. The van der Waals surface area contributed by atoms with E-state index in [0.29, 0.717) is 5.56 Å². The summed E-state index contributed by atoms with van der Waals surface area (Å²) in [4.78, 5) is 72.3. The van der Waals surface area contributed by atoms with Gasteiger partial charge in [0.1, 0.15) is 17.8 Å². The van der Waals surface area contributed by atoms with E-state index in [2.05, 4.69) is 16.0 Å². The van der Waals surface area contributed by atoms with Gasteiger partial charge in [-0.2, -0.15) is 0 Å². The first-order chi connectivity index (χ1) is 17.7. The van der Waals surface area contributed by atoms with E-state index in [4.69, 9.17) is 17.2 Å². The van der Waals surface area contributed by atoms with Crippen LogP contribution in [0.25, 0.3) is 0 Å². The summed E-state index contributed by atoms with van der Waals surface area (Å²) >= 11 is 0. The Hall–Kier alpha value is -4.24. The quantitative estimate of drug-likeness (QED) is 0.101. The Morgan fingerprint density at radius 3 is 1.82 bits per heavy atom. The number of benzene rings is 1. The average molecular weight is 539 g/mol. The lowest BCUT2D eigenvalue weighted by Crippen LogP contribution is -2.58. The molecule has 0 saturated carbocycles. The van der Waals surface area contributed by atoms with Crippen molar-refractivity contribution < 1.29 is 44.1 Å². The lowest BCUT2D eigenvalue weighted by atomic mass is 10.0. The van der Waals surface area contributed by atoms with Gasteiger partial charge in [-0.05, 0) is 37.5 Å². The third-order valence-corrected chi connectivity index (χ3v) is 5.41. The van der Waals surface area contributed by atoms with Crippen LogP contribution in [0.4, 0.5) is 0 Å². The van der Waals surface area contributed by atoms with Crippen LogP contribution in [-0.2, 0) is 35.2 Å². The van der Waals surface area contributed by atoms with Gasteiger partial charge in [0.2, 0.25) is 29.5 Å². The maximum Gasteiger partial charge on any atom is 0.328 e. The van der Waals surface area contributed by atoms with Gasteiger partial charge in [-0.25, -0.2) is 4.79 Å². The molecule has 0 aliphatic carbocycles. The number of aliphatic hydroxyl groups is 1. The summed E-state index contributed by atoms with van der Waals surface area (Å²) in [7, 11) is 0. The SMILES string of the molecule is CC(O)C(NC(=O)C(Cc1ccc(O)cc1)NC(=O)C(CCC(N)=O)NC(=O)C(N)CCC(N)=O)C(=O)O. The zero-order valence-corrected chi connectivity index (χ0v) is 20.8. The summed E-state index contributed by atoms with van der Waals surface area (Å²) < 4.78 is 0. The zero-order chi connectivity index (χ0) is 29.0. The number of aliphatic carboxylic acids is 1. The fraction of sp³-hybridized carbons (Fsp3) is 0.478. The number of carbonyl (C=O) groups is 6. The molecule has 0 radical (unpaired) electrons. The van der Waals surface area contributed by atoms with E-state index in [1.54, 1.807) is 0 Å². The molecule has 0 fully saturated rings. The van der Waals surface area contributed by atoms with Crippen molar-refractivity contribution in [2.24, 2.45) is 17.2 Å². The minimum Gasteiger partial charge on any atom is -0.508 e. The first kappa shape index (κ1) is 31.8. The van der Waals surface area contributed by atoms with Gasteiger partial charge in [-0.1, -0.05) is 12.1 Å². The molecule has 0 saturated heterocycles. The molecular weight excluding hydrogens is 504 g/mol. The Kier molecular flexibility index (Phi) is 12.6. The molecule has 1 rings (SSSR count). The van der Waals surface area contributed by atoms with Crippen molar-refractivity contribution in [3.8, 4) is 5.75 Å². The van der Waals surface area contributed by atoms with E-state index in [9.17, 15) is 44.1 Å². The second-order valence-electron chi connectivity index (χ2n) is 8.67. The van der Waals surface area contributed by atoms with E-state index in [1.807, 2.05) is 0 Å². The Bertz CT molecular complexity index is 1020. The van der Waals surface area contributed by atoms with Crippen LogP contribution >= 0.6 is 0 Å². The van der Waals surface area contributed by atoms with Gasteiger partial charge in [0.25, 0.3) is 0 Å². The highest BCUT2D eigenvalue weighted by Crippen LogP contribution is 2.12. The standard InChI is InChI=1S/C23H34N6O9/c1-11(30)19(23(37)38)29-22(36)16(10-12-2-4-13(31)5-3-12)28-21(35)15(7-9-18(26)33)27-20(34)14(24)6-8-17(25)32/h2-5,11,14-16,19,30-31H,6-10,24H2,1H3,(H2,25,32)(H2,26,33)(H,27,34)(H,28,35)(H,29,36)(H,37,38). The number of phenols is 1. The van der Waals surface area contributed by atoms with Crippen LogP contribution in [0.2, 0.25) is 0 Å². The predicted molar refractivity (Wildman–Crippen MR) is 132 cm³/mol. The molecule has 0 bridgehead atoms. The van der Waals surface area contributed by atoms with Gasteiger partial charge >= 0.3 is 5.97 Å². The summed E-state index contributed by atoms with van der Waals surface area (Å²) in [6.45, 7) is 1.16. The van der Waals surface area contributed by atoms with Gasteiger partial charge in [0.05, 0.1) is 12.1 Å². The van der Waals surface area contributed by atoms with Crippen molar-refractivity contribution in [2.75, 3.05) is 0 Å². The first-order valence-corrected chi connectivity index (χ1v) is 11.6. The number of nitrogens with two attached hydrogens (primary N) is 3. The monoisotopic (exact) mass is 538 g/mol. The summed E-state index contributed by atoms with van der Waals surface area (Å²) in [6.07, 6.45) is -2.49. The molecule has 210 valence electrons. The molecule has 15 heteroatoms. The van der Waals surface area contributed by atoms with Crippen molar-refractivity contribution in [1.29, 1.82) is 0 Å². The second-order valence-corrected chi connectivity index (χ2v) is 8.67. The Morgan fingerprint density at radius 1 is 0.816 bits per heavy atom. The molecule has 0 aliphatic rings. The first-order valence-electron chi connectivity index (χ1n) is 11.6. The fourth-order valence-electron chi connectivity index (χ4n) is 3.25. The normalized spacial score (nSPS) is 14.7. The van der Waals surface area contributed by atoms with Crippen LogP contribution in [0.5, 0.6) is 5.75 Å². The molecule has 5 atom stereocenters. The molecule has 1 aromatic carbocycles. The number of hydrogen-bond acceptors (Lipinski definition) is 9. The van der Waals surface area contributed by atoms with Crippen molar-refractivity contribution in [1.82, 2.24) is 16.0 Å². The van der Waals surface area contributed by atoms with E-state index in [0.717, 1.165) is 6.92 Å². The minimum absolute atomic E-state index is 0.0549. The van der Waals surface area contributed by atoms with E-state index in [1.165, 1.54) is 24.3 Å². The molecule has 1 aromatic rings. The maximum absolute atomic E-state index is 13.1. The predicted octanol–water partition coefficient (Wildman–Crippen LogP) is -3.29. The molecular formula is C23H34N6O9. The van der Waals surface area contributed by atoms with Gasteiger partial charge in [-0.15, -0.1) is 0 Å². The Labute approximate surface area is 218 Å². The topological polar surface area (TPSA) is 277 Å². The van der Waals surface area contributed by atoms with Crippen molar-refractivity contribution >= 4 is 35.5 Å². The average Bonchev–Trinajstić information content (AvgIpc) is 2.83. The smallest absolute Gasteiger partial charge is 0.328 e. The molecule has 15 nitrogen and oxygen atoms in total. The molecule has 0 aliphatic heterocycles. The van der Waals surface area contributed by atoms with Gasteiger partial charge < -0.3 is 48.5 Å². The number of aliphatic hydroxyl groups excluding tert-OH is 1. The van der Waals surface area contributed by atoms with Gasteiger partial charge in [0, 0.05) is 19.3 Å². The summed E-state index contributed by atoms with van der Waals surface area (Å²) in [6, 6.07) is -0.0534. The fourth-order valence-corrected chi connectivity index (χ4v) is 3.25. The number of rotatable bonds is 16. The Balaban J connectivity index is 3.16. The van der Waals surface area contributed by atoms with Crippen LogP contribution in [0.1, 0.15) is 38.2 Å². The van der Waals surface area contributed by atoms with E-state index < -0.39 is 65.8 Å². The highest BCUT2D eigenvalue weighted by atomic mass is 16.4. The maximum atomic E-state index is 13.1. The van der Waals surface area contributed by atoms with Gasteiger partial charge in [-0.3, -0.25) is 24.0 Å². The summed E-state index contributed by atoms with van der Waals surface area (Å²) in [5, 5.41) is 35.4. The van der Waals surface area contributed by atoms with Crippen LogP contribution in [-0.4, -0.2) is 81.1 Å². The van der Waals surface area contributed by atoms with Crippen LogP contribution in [0.15, 0.2) is 24.3 Å². The van der Waals surface area contributed by atoms with Crippen molar-refractivity contribution in [3.05, 3.63) is 29.8 Å². The largest absolute Gasteiger partial charge is 0.508 e. The van der Waals surface area contributed by atoms with Gasteiger partial charge in [0.15, 0.2) is 6.04 Å². The number of primary amides is 2. The number of phenolic OH excluding ortho intramolecular Hbond substituents is 1. The zero-order valence-electron chi connectivity index (χ0n) is 20.8. The number of carboxylic acids is 1. The number of aromatic hydroxyl groups is 1. The third kappa shape index (κ3) is 11.2. The number of amides is 5. The van der Waals surface area contributed by atoms with E-state index in [-0.39, 0.29) is 37.9 Å². The summed E-state index contributed by atoms with van der Waals surface area (Å²) in [5.41, 5.74) is 16.4. The van der Waals surface area contributed by atoms with Crippen molar-refractivity contribution in [3.63, 3.8) is 0 Å². The lowest BCUT2D eigenvalue weighted by Gasteiger charge is -2.26. The summed E-state index contributed by atoms with van der Waals surface area (Å²) in [5.74, 6) is -5.72. The lowest BCUT2D eigenvalue weighted by molar-refractivity contribution is -0.145. The number of carboxylic acid groups (broad SMARTS) is 1. The number of hydrogen-bond donors (Lipinski definition) is 9. The molecule has 0 aromatic heterocycles. The van der Waals surface area contributed by atoms with Crippen molar-refractivity contribution in [2.45, 2.75) is 69.3 Å². The molecule has 5 amide bonds. The third-order valence-electron chi connectivity index (χ3n) is 5.41. The molecule has 12 N–H and O–H groups in total. The number of nitrogens with one attached hydrogen (secondary N) is 3. The highest BCUT2D eigenvalue weighted by Gasteiger charge is 2.32. The molecule has 0 spiro atoms. The van der Waals surface area contributed by atoms with E-state index >= 15 is 0 Å².